The van der Waals surface area contributed by atoms with Crippen molar-refractivity contribution in [3.63, 3.8) is 0 Å². The van der Waals surface area contributed by atoms with Crippen LogP contribution in [-0.4, -0.2) is 37.2 Å². The zero-order valence-electron chi connectivity index (χ0n) is 38.6. The number of hydrogen-bond donors (Lipinski definition) is 0. The van der Waals surface area contributed by atoms with E-state index in [1.807, 2.05) is 0 Å². The molecule has 0 aliphatic heterocycles. The van der Waals surface area contributed by atoms with Gasteiger partial charge in [0.2, 0.25) is 0 Å². The minimum atomic E-state index is -0.772. The molecule has 6 nitrogen and oxygen atoms in total. The van der Waals surface area contributed by atoms with Crippen LogP contribution in [0.15, 0.2) is 36.5 Å². The zero-order chi connectivity index (χ0) is 42.3. The monoisotopic (exact) mass is 815 g/mol. The number of carbonyl (C=O) groups is 3. The number of allylic oxidation sites excluding steroid dienone is 6. The fraction of sp³-hybridized carbons (Fsp3) is 0.827. The van der Waals surface area contributed by atoms with E-state index in [1.165, 1.54) is 141 Å². The Kier molecular flexibility index (Phi) is 45.4. The van der Waals surface area contributed by atoms with Gasteiger partial charge in [0.15, 0.2) is 6.10 Å². The molecule has 0 aliphatic rings. The topological polar surface area (TPSA) is 78.9 Å². The Balaban J connectivity index is 4.28. The molecule has 6 heteroatoms. The summed E-state index contributed by atoms with van der Waals surface area (Å²) in [5.74, 6) is -0.885. The van der Waals surface area contributed by atoms with Crippen molar-refractivity contribution in [1.82, 2.24) is 0 Å². The Labute approximate surface area is 359 Å². The number of hydrogen-bond acceptors (Lipinski definition) is 6. The highest BCUT2D eigenvalue weighted by molar-refractivity contribution is 5.71. The predicted octanol–water partition coefficient (Wildman–Crippen LogP) is 16.1. The molecule has 338 valence electrons. The van der Waals surface area contributed by atoms with Crippen LogP contribution in [0.2, 0.25) is 0 Å². The number of rotatable bonds is 45. The molecule has 0 aliphatic carbocycles. The van der Waals surface area contributed by atoms with Crippen molar-refractivity contribution in [2.24, 2.45) is 0 Å². The quantitative estimate of drug-likeness (QED) is 0.0264. The molecule has 0 unspecified atom stereocenters. The molecule has 0 aromatic heterocycles. The molecule has 1 atom stereocenters. The molecule has 0 bridgehead atoms. The van der Waals surface area contributed by atoms with Gasteiger partial charge in [0.05, 0.1) is 0 Å². The maximum Gasteiger partial charge on any atom is 0.306 e. The van der Waals surface area contributed by atoms with E-state index in [2.05, 4.69) is 57.2 Å². The van der Waals surface area contributed by atoms with Crippen LogP contribution in [0.1, 0.15) is 258 Å². The first-order chi connectivity index (χ1) is 28.5. The summed E-state index contributed by atoms with van der Waals surface area (Å²) in [4.78, 5) is 37.8. The van der Waals surface area contributed by atoms with Crippen molar-refractivity contribution in [2.75, 3.05) is 13.2 Å². The van der Waals surface area contributed by atoms with Gasteiger partial charge in [0, 0.05) is 19.3 Å². The van der Waals surface area contributed by atoms with Gasteiger partial charge in [0.1, 0.15) is 13.2 Å². The SMILES string of the molecule is CCCCC/C=C\C/C=C\CCCCCCCCCCCC(=O)OC[C@@H](COC(=O)CCCCCCCCCCC)OC(=O)CCCCCCC/C=C\CCCCC. The first kappa shape index (κ1) is 55.6. The van der Waals surface area contributed by atoms with Gasteiger partial charge >= 0.3 is 17.9 Å². The van der Waals surface area contributed by atoms with Crippen LogP contribution in [0.3, 0.4) is 0 Å². The van der Waals surface area contributed by atoms with E-state index in [9.17, 15) is 14.4 Å². The van der Waals surface area contributed by atoms with Crippen LogP contribution in [0.5, 0.6) is 0 Å². The van der Waals surface area contributed by atoms with Crippen molar-refractivity contribution in [3.05, 3.63) is 36.5 Å². The average Bonchev–Trinajstić information content (AvgIpc) is 3.22. The van der Waals surface area contributed by atoms with Gasteiger partial charge < -0.3 is 14.2 Å². The Hall–Kier alpha value is -2.37. The van der Waals surface area contributed by atoms with Crippen molar-refractivity contribution in [1.29, 1.82) is 0 Å². The fourth-order valence-electron chi connectivity index (χ4n) is 7.05. The highest BCUT2D eigenvalue weighted by Crippen LogP contribution is 2.15. The van der Waals surface area contributed by atoms with E-state index < -0.39 is 6.10 Å². The van der Waals surface area contributed by atoms with Gasteiger partial charge in [-0.2, -0.15) is 0 Å². The van der Waals surface area contributed by atoms with Crippen molar-refractivity contribution in [2.45, 2.75) is 264 Å². The van der Waals surface area contributed by atoms with Crippen LogP contribution >= 0.6 is 0 Å². The van der Waals surface area contributed by atoms with Gasteiger partial charge in [-0.3, -0.25) is 14.4 Å². The Morgan fingerprint density at radius 2 is 0.621 bits per heavy atom. The second-order valence-corrected chi connectivity index (χ2v) is 16.7. The van der Waals surface area contributed by atoms with Crippen LogP contribution in [0.4, 0.5) is 0 Å². The molecule has 0 radical (unpaired) electrons. The summed E-state index contributed by atoms with van der Waals surface area (Å²) in [6, 6.07) is 0. The summed E-state index contributed by atoms with van der Waals surface area (Å²) < 4.78 is 16.7. The summed E-state index contributed by atoms with van der Waals surface area (Å²) in [6.45, 7) is 6.57. The first-order valence-electron chi connectivity index (χ1n) is 25.0. The largest absolute Gasteiger partial charge is 0.462 e. The van der Waals surface area contributed by atoms with Crippen molar-refractivity contribution >= 4 is 17.9 Å². The third-order valence-electron chi connectivity index (χ3n) is 10.9. The lowest BCUT2D eigenvalue weighted by Crippen LogP contribution is -2.30. The standard InChI is InChI=1S/C52H94O6/c1-4-7-10-13-16-19-21-23-24-25-26-27-28-29-31-33-36-39-42-45-51(54)57-48-49(47-56-50(53)44-41-38-35-32-18-15-12-9-6-3)58-52(55)46-43-40-37-34-30-22-20-17-14-11-8-5-2/h16-17,19-20,23-24,49H,4-15,18,21-22,25-48H2,1-3H3/b19-16-,20-17-,24-23-/t49-/m1/s1. The molecule has 0 rings (SSSR count). The van der Waals surface area contributed by atoms with E-state index in [0.29, 0.717) is 19.3 Å². The average molecular weight is 815 g/mol. The second-order valence-electron chi connectivity index (χ2n) is 16.7. The molecule has 0 aromatic carbocycles. The highest BCUT2D eigenvalue weighted by Gasteiger charge is 2.19. The molecule has 0 aromatic rings. The van der Waals surface area contributed by atoms with Gasteiger partial charge in [-0.25, -0.2) is 0 Å². The van der Waals surface area contributed by atoms with Gasteiger partial charge in [-0.1, -0.05) is 198 Å². The summed E-state index contributed by atoms with van der Waals surface area (Å²) in [6.07, 6.45) is 54.1. The van der Waals surface area contributed by atoms with Crippen LogP contribution in [-0.2, 0) is 28.6 Å². The third kappa shape index (κ3) is 44.7. The van der Waals surface area contributed by atoms with Crippen LogP contribution < -0.4 is 0 Å². The first-order valence-corrected chi connectivity index (χ1v) is 25.0. The normalized spacial score (nSPS) is 12.3. The minimum absolute atomic E-state index is 0.0746. The molecule has 0 heterocycles. The van der Waals surface area contributed by atoms with Gasteiger partial charge in [-0.15, -0.1) is 0 Å². The number of unbranched alkanes of at least 4 members (excludes halogenated alkanes) is 28. The third-order valence-corrected chi connectivity index (χ3v) is 10.9. The molecule has 0 saturated heterocycles. The maximum atomic E-state index is 12.7. The van der Waals surface area contributed by atoms with Gasteiger partial charge in [-0.05, 0) is 77.0 Å². The van der Waals surface area contributed by atoms with Crippen LogP contribution in [0, 0.1) is 0 Å². The second kappa shape index (κ2) is 47.3. The molecule has 0 spiro atoms. The molecule has 0 N–H and O–H groups in total. The fourth-order valence-corrected chi connectivity index (χ4v) is 7.05. The molecule has 0 saturated carbocycles. The van der Waals surface area contributed by atoms with Crippen molar-refractivity contribution < 1.29 is 28.6 Å². The summed E-state index contributed by atoms with van der Waals surface area (Å²) in [7, 11) is 0. The highest BCUT2D eigenvalue weighted by atomic mass is 16.6. The Morgan fingerprint density at radius 3 is 1.00 bits per heavy atom. The summed E-state index contributed by atoms with van der Waals surface area (Å²) in [5.41, 5.74) is 0. The van der Waals surface area contributed by atoms with E-state index in [1.54, 1.807) is 0 Å². The smallest absolute Gasteiger partial charge is 0.306 e. The Bertz CT molecular complexity index is 984. The summed E-state index contributed by atoms with van der Waals surface area (Å²) in [5, 5.41) is 0. The lowest BCUT2D eigenvalue weighted by atomic mass is 10.1. The number of carbonyl (C=O) groups excluding carboxylic acids is 3. The predicted molar refractivity (Wildman–Crippen MR) is 247 cm³/mol. The molecule has 58 heavy (non-hydrogen) atoms. The van der Waals surface area contributed by atoms with Gasteiger partial charge in [0.25, 0.3) is 0 Å². The van der Waals surface area contributed by atoms with Crippen molar-refractivity contribution in [3.8, 4) is 0 Å². The molecular formula is C52H94O6. The maximum absolute atomic E-state index is 12.7. The zero-order valence-corrected chi connectivity index (χ0v) is 38.6. The molecule has 0 fully saturated rings. The van der Waals surface area contributed by atoms with E-state index in [4.69, 9.17) is 14.2 Å². The lowest BCUT2D eigenvalue weighted by Gasteiger charge is -2.18. The minimum Gasteiger partial charge on any atom is -0.462 e. The van der Waals surface area contributed by atoms with E-state index >= 15 is 0 Å². The summed E-state index contributed by atoms with van der Waals surface area (Å²) >= 11 is 0. The van der Waals surface area contributed by atoms with E-state index in [-0.39, 0.29) is 31.1 Å². The number of ether oxygens (including phenoxy) is 3. The molecule has 0 amide bonds. The molecular weight excluding hydrogens is 721 g/mol. The number of esters is 3. The van der Waals surface area contributed by atoms with E-state index in [0.717, 1.165) is 77.0 Å². The lowest BCUT2D eigenvalue weighted by molar-refractivity contribution is -0.167. The van der Waals surface area contributed by atoms with Crippen LogP contribution in [0.25, 0.3) is 0 Å². The Morgan fingerprint density at radius 1 is 0.345 bits per heavy atom.